The number of nitrogen functional groups attached to an aromatic ring is 1. The van der Waals surface area contributed by atoms with Crippen LogP contribution in [0.1, 0.15) is 39.1 Å². The predicted molar refractivity (Wildman–Crippen MR) is 168 cm³/mol. The Labute approximate surface area is 268 Å². The highest BCUT2D eigenvalue weighted by atomic mass is 32.7. The number of aromatic nitrogens is 8. The summed E-state index contributed by atoms with van der Waals surface area (Å²) in [7, 11) is -2.04. The summed E-state index contributed by atoms with van der Waals surface area (Å²) in [4.78, 5) is 46.5. The summed E-state index contributed by atoms with van der Waals surface area (Å²) in [5.74, 6) is 0.806. The maximum absolute atomic E-state index is 11.0. The second kappa shape index (κ2) is 13.5. The van der Waals surface area contributed by atoms with E-state index in [4.69, 9.17) is 40.6 Å². The number of hydrogen-bond acceptors (Lipinski definition) is 17. The minimum absolute atomic E-state index is 0.132. The van der Waals surface area contributed by atoms with Gasteiger partial charge >= 0.3 is 6.72 Å². The molecule has 4 aromatic heterocycles. The quantitative estimate of drug-likeness (QED) is 0.0912. The van der Waals surface area contributed by atoms with Crippen molar-refractivity contribution in [3.63, 3.8) is 0 Å². The Kier molecular flexibility index (Phi) is 9.82. The van der Waals surface area contributed by atoms with Gasteiger partial charge in [-0.1, -0.05) is 12.2 Å². The molecule has 45 heavy (non-hydrogen) atoms. The number of thiol groups is 1. The highest BCUT2D eigenvalue weighted by Crippen LogP contribution is 2.50. The first-order valence-corrected chi connectivity index (χ1v) is 18.8. The number of anilines is 2. The third-order valence-corrected chi connectivity index (χ3v) is 9.56. The lowest BCUT2D eigenvalue weighted by molar-refractivity contribution is -0.0487. The summed E-state index contributed by atoms with van der Waals surface area (Å²) < 4.78 is 32.8. The molecule has 22 heteroatoms. The van der Waals surface area contributed by atoms with Gasteiger partial charge in [-0.3, -0.25) is 9.13 Å². The number of aliphatic hydroxyl groups is 1. The monoisotopic (exact) mass is 702 g/mol. The van der Waals surface area contributed by atoms with Gasteiger partial charge in [0.1, 0.15) is 42.8 Å². The molecule has 6 N–H and O–H groups in total. The van der Waals surface area contributed by atoms with Gasteiger partial charge in [-0.15, -0.1) is 0 Å². The normalized spacial score (nSPS) is 27.4. The number of hydrogen-bond donors (Lipinski definition) is 6. The van der Waals surface area contributed by atoms with E-state index in [1.807, 2.05) is 13.8 Å². The lowest BCUT2D eigenvalue weighted by atomic mass is 10.2. The highest BCUT2D eigenvalue weighted by Gasteiger charge is 2.43. The number of aliphatic hydroxyl groups excluding tert-OH is 1. The molecular weight excluding hydrogens is 670 g/mol. The van der Waals surface area contributed by atoms with Crippen molar-refractivity contribution < 1.29 is 37.9 Å². The van der Waals surface area contributed by atoms with E-state index in [-0.39, 0.29) is 31.3 Å². The summed E-state index contributed by atoms with van der Waals surface area (Å²) in [5, 5.41) is 13.3. The van der Waals surface area contributed by atoms with Gasteiger partial charge in [0.2, 0.25) is 7.58 Å². The number of nitrogens with one attached hydrogen (secondary N) is 1. The molecule has 6 heterocycles. The molecule has 0 aromatic carbocycles. The smallest absolute Gasteiger partial charge is 0.324 e. The first-order chi connectivity index (χ1) is 21.5. The van der Waals surface area contributed by atoms with Crippen LogP contribution in [0.2, 0.25) is 0 Å². The molecule has 2 fully saturated rings. The molecule has 244 valence electrons. The van der Waals surface area contributed by atoms with Crippen LogP contribution < -0.4 is 11.1 Å². The minimum Gasteiger partial charge on any atom is -0.394 e. The molecule has 2 unspecified atom stereocenters. The van der Waals surface area contributed by atoms with Crippen LogP contribution in [-0.2, 0) is 34.9 Å². The second-order valence-electron chi connectivity index (χ2n) is 10.6. The fraction of sp³-hybridized carbons (Fsp3) is 0.565. The zero-order valence-electron chi connectivity index (χ0n) is 24.0. The van der Waals surface area contributed by atoms with Gasteiger partial charge in [0.25, 0.3) is 0 Å². The van der Waals surface area contributed by atoms with Crippen molar-refractivity contribution in [3.05, 3.63) is 25.3 Å². The van der Waals surface area contributed by atoms with Crippen LogP contribution in [0.15, 0.2) is 25.3 Å². The Hall–Kier alpha value is -2.19. The van der Waals surface area contributed by atoms with Gasteiger partial charge in [0.15, 0.2) is 28.4 Å². The maximum Gasteiger partial charge on any atom is 0.324 e. The van der Waals surface area contributed by atoms with Crippen molar-refractivity contribution in [2.24, 2.45) is 0 Å². The Balaban J connectivity index is 1.12. The molecule has 6 rings (SSSR count). The van der Waals surface area contributed by atoms with Crippen LogP contribution >= 0.6 is 26.5 Å². The lowest BCUT2D eigenvalue weighted by Gasteiger charge is -2.25. The fourth-order valence-electron chi connectivity index (χ4n) is 5.29. The molecule has 18 nitrogen and oxygen atoms in total. The van der Waals surface area contributed by atoms with Crippen LogP contribution in [0, 0.1) is 0 Å². The predicted octanol–water partition coefficient (Wildman–Crippen LogP) is 1.79. The van der Waals surface area contributed by atoms with E-state index in [1.54, 1.807) is 15.5 Å². The average molecular weight is 703 g/mol. The van der Waals surface area contributed by atoms with Crippen molar-refractivity contribution >= 4 is 72.3 Å². The third kappa shape index (κ3) is 7.07. The second-order valence-corrected chi connectivity index (χ2v) is 15.2. The molecule has 0 radical (unpaired) electrons. The van der Waals surface area contributed by atoms with Gasteiger partial charge in [0.05, 0.1) is 38.1 Å². The van der Waals surface area contributed by atoms with Crippen molar-refractivity contribution in [2.45, 2.75) is 69.6 Å². The van der Waals surface area contributed by atoms with Crippen molar-refractivity contribution in [3.8, 4) is 0 Å². The summed E-state index contributed by atoms with van der Waals surface area (Å²) in [5.41, 5.74) is 7.87. The number of ether oxygens (including phenoxy) is 2. The van der Waals surface area contributed by atoms with Crippen LogP contribution in [0.3, 0.4) is 0 Å². The molecule has 0 saturated carbocycles. The van der Waals surface area contributed by atoms with E-state index in [9.17, 15) is 14.9 Å². The van der Waals surface area contributed by atoms with E-state index >= 15 is 0 Å². The zero-order chi connectivity index (χ0) is 31.9. The molecule has 2 aliphatic heterocycles. The molecule has 8 atom stereocenters. The first kappa shape index (κ1) is 32.7. The van der Waals surface area contributed by atoms with Gasteiger partial charge in [0, 0.05) is 18.9 Å². The minimum atomic E-state index is -3.89. The Morgan fingerprint density at radius 3 is 2.33 bits per heavy atom. The topological polar surface area (TPSA) is 232 Å². The Morgan fingerprint density at radius 1 is 1.04 bits per heavy atom. The van der Waals surface area contributed by atoms with E-state index in [1.165, 1.54) is 19.0 Å². The molecule has 0 amide bonds. The van der Waals surface area contributed by atoms with E-state index in [0.29, 0.717) is 28.1 Å². The standard InChI is InChI=1S/C23H32N10O8P2S2/c1-11(2)31-21-19-23(28-8-26-21)33(10-30-19)17-4-13(14(5-34)38-17)41-43(36,45)37-6-15-12(40-42(35)44)3-16(39-15)32-9-29-18-20(24)25-7-27-22(18)32/h7-17,34-35,44H,3-6H2,1-2H3,(H,36,45)(H2,24,25,27)(H,26,28,31)/t12-,13-,14+,15+,16+,17+,42?,43?/m0/s1. The van der Waals surface area contributed by atoms with Gasteiger partial charge in [-0.2, -0.15) is 0 Å². The molecule has 0 aliphatic carbocycles. The number of rotatable bonds is 12. The van der Waals surface area contributed by atoms with E-state index in [2.05, 4.69) is 47.5 Å². The van der Waals surface area contributed by atoms with Crippen LogP contribution in [0.25, 0.3) is 22.3 Å². The number of imidazole rings is 2. The molecule has 2 saturated heterocycles. The number of nitrogens with two attached hydrogens (primary N) is 1. The average Bonchev–Trinajstić information content (AvgIpc) is 3.76. The van der Waals surface area contributed by atoms with Gasteiger partial charge in [-0.25, -0.2) is 29.9 Å². The largest absolute Gasteiger partial charge is 0.394 e. The summed E-state index contributed by atoms with van der Waals surface area (Å²) in [6, 6.07) is 0.132. The van der Waals surface area contributed by atoms with Crippen LogP contribution in [0.5, 0.6) is 0 Å². The Bertz CT molecular complexity index is 1700. The number of nitrogens with zero attached hydrogens (tertiary/aromatic N) is 8. The van der Waals surface area contributed by atoms with E-state index < -0.39 is 57.8 Å². The van der Waals surface area contributed by atoms with Crippen LogP contribution in [0.4, 0.5) is 11.6 Å². The van der Waals surface area contributed by atoms with Crippen molar-refractivity contribution in [1.82, 2.24) is 39.0 Å². The highest BCUT2D eigenvalue weighted by molar-refractivity contribution is 8.41. The molecule has 0 bridgehead atoms. The third-order valence-electron chi connectivity index (χ3n) is 7.23. The van der Waals surface area contributed by atoms with Gasteiger partial charge < -0.3 is 49.0 Å². The van der Waals surface area contributed by atoms with E-state index in [0.717, 1.165) is 0 Å². The number of fused-ring (bicyclic) bond motifs is 2. The van der Waals surface area contributed by atoms with Crippen molar-refractivity contribution in [1.29, 1.82) is 0 Å². The molecule has 2 aliphatic rings. The molecule has 4 aromatic rings. The zero-order valence-corrected chi connectivity index (χ0v) is 27.5. The summed E-state index contributed by atoms with van der Waals surface area (Å²) in [6.45, 7) is -0.539. The lowest BCUT2D eigenvalue weighted by Crippen LogP contribution is -2.29. The van der Waals surface area contributed by atoms with Crippen molar-refractivity contribution in [2.75, 3.05) is 24.3 Å². The fourth-order valence-corrected chi connectivity index (χ4v) is 7.59. The summed E-state index contributed by atoms with van der Waals surface area (Å²) in [6.07, 6.45) is 2.04. The molecular formula is C23H32N10O8P2S2. The maximum atomic E-state index is 11.0. The molecule has 0 spiro atoms. The van der Waals surface area contributed by atoms with Crippen LogP contribution in [-0.4, -0.2) is 97.6 Å². The van der Waals surface area contributed by atoms with Gasteiger partial charge in [-0.05, 0) is 25.7 Å². The SMILES string of the molecule is CC(C)Nc1ncnc2c1ncn2[C@H]1C[C@H](OP(O)(=S)OC[C@H]2O[C@@H](n3cnc4c(N)ncnc43)C[C@@H]2OP(O)S)[C@@H](CO)O1. The summed E-state index contributed by atoms with van der Waals surface area (Å²) >= 11 is 9.33. The Morgan fingerprint density at radius 2 is 1.67 bits per heavy atom. The first-order valence-electron chi connectivity index (χ1n) is 13.8.